The Labute approximate surface area is 281 Å². The van der Waals surface area contributed by atoms with Crippen molar-refractivity contribution in [1.82, 2.24) is 24.3 Å². The Morgan fingerprint density at radius 3 is 2.11 bits per heavy atom. The van der Waals surface area contributed by atoms with Gasteiger partial charge in [0.25, 0.3) is 5.91 Å². The first-order chi connectivity index (χ1) is 21.9. The van der Waals surface area contributed by atoms with Gasteiger partial charge < -0.3 is 18.7 Å². The second-order valence-electron chi connectivity index (χ2n) is 12.1. The van der Waals surface area contributed by atoms with E-state index in [1.54, 1.807) is 17.9 Å². The van der Waals surface area contributed by atoms with Crippen LogP contribution in [0.4, 0.5) is 0 Å². The summed E-state index contributed by atoms with van der Waals surface area (Å²) in [6.07, 6.45) is 11.8. The minimum absolute atomic E-state index is 0. The van der Waals surface area contributed by atoms with Crippen molar-refractivity contribution >= 4 is 29.6 Å². The number of rotatable bonds is 19. The van der Waals surface area contributed by atoms with Gasteiger partial charge in [0.15, 0.2) is 5.82 Å². The van der Waals surface area contributed by atoms with Crippen molar-refractivity contribution in [3.05, 3.63) is 88.3 Å². The van der Waals surface area contributed by atoms with Gasteiger partial charge in [0.2, 0.25) is 11.7 Å². The lowest BCUT2D eigenvalue weighted by atomic mass is 10.00. The summed E-state index contributed by atoms with van der Waals surface area (Å²) in [6.45, 7) is 14.6. The third-order valence-electron chi connectivity index (χ3n) is 8.49. The molecule has 0 unspecified atom stereocenters. The average Bonchev–Trinajstić information content (AvgIpc) is 3.64. The number of aromatic nitrogens is 3. The van der Waals surface area contributed by atoms with Gasteiger partial charge in [-0.15, -0.1) is 12.4 Å². The van der Waals surface area contributed by atoms with E-state index in [0.29, 0.717) is 35.1 Å². The number of fused-ring (bicyclic) bond motifs is 1. The maximum Gasteiger partial charge on any atom is 0.254 e. The number of ketones is 1. The summed E-state index contributed by atoms with van der Waals surface area (Å²) in [4.78, 5) is 36.0. The maximum absolute atomic E-state index is 14.0. The van der Waals surface area contributed by atoms with Gasteiger partial charge in [-0.1, -0.05) is 69.5 Å². The normalized spacial score (nSPS) is 11.3. The highest BCUT2D eigenvalue weighted by atomic mass is 35.5. The molecule has 0 radical (unpaired) electrons. The highest BCUT2D eigenvalue weighted by molar-refractivity contribution is 6.10. The molecule has 4 rings (SSSR count). The van der Waals surface area contributed by atoms with Gasteiger partial charge in [0, 0.05) is 29.4 Å². The first kappa shape index (κ1) is 37.0. The van der Waals surface area contributed by atoms with E-state index in [1.807, 2.05) is 35.7 Å². The lowest BCUT2D eigenvalue weighted by Gasteiger charge is -2.21. The van der Waals surface area contributed by atoms with Gasteiger partial charge in [-0.05, 0) is 101 Å². The molecule has 0 fully saturated rings. The summed E-state index contributed by atoms with van der Waals surface area (Å²) in [5.74, 6) is 0.850. The number of nitrogens with zero attached hydrogens (tertiary/aromatic N) is 5. The zero-order chi connectivity index (χ0) is 32.2. The molecule has 4 aromatic rings. The quantitative estimate of drug-likeness (QED) is 0.0954. The molecular weight excluding hydrogens is 598 g/mol. The van der Waals surface area contributed by atoms with E-state index >= 15 is 0 Å². The topological polar surface area (TPSA) is 84.0 Å². The number of hydrogen-bond donors (Lipinski definition) is 0. The number of carbonyl (C=O) groups excluding carboxylic acids is 2. The number of carbonyl (C=O) groups is 2. The Hall–Kier alpha value is -3.49. The Bertz CT molecular complexity index is 1520. The van der Waals surface area contributed by atoms with Crippen LogP contribution in [0.1, 0.15) is 122 Å². The molecule has 3 heterocycles. The standard InChI is InChI=1S/C37H51N5O3.ClH/c1-6-10-15-31-25-33-26-32(37(44)41(9-4)27-34-38-28(5)39-45-34)20-24-42(33)35(31)36(43)30-18-16-29(17-19-30)14-13-23-40(21-11-7-2)22-12-8-3;/h16-20,24-26H,6-15,21-23,27H2,1-5H3;1H. The first-order valence-electron chi connectivity index (χ1n) is 17.0. The van der Waals surface area contributed by atoms with Gasteiger partial charge in [-0.25, -0.2) is 0 Å². The van der Waals surface area contributed by atoms with Gasteiger partial charge in [-0.3, -0.25) is 9.59 Å². The predicted molar refractivity (Wildman–Crippen MR) is 187 cm³/mol. The lowest BCUT2D eigenvalue weighted by molar-refractivity contribution is 0.0734. The molecule has 0 aliphatic carbocycles. The Morgan fingerprint density at radius 2 is 1.50 bits per heavy atom. The molecule has 0 atom stereocenters. The number of amides is 1. The van der Waals surface area contributed by atoms with Crippen molar-refractivity contribution in [3.8, 4) is 0 Å². The van der Waals surface area contributed by atoms with Crippen LogP contribution in [0.5, 0.6) is 0 Å². The SMILES string of the molecule is CCCCc1cc2cc(C(=O)N(CC)Cc3nc(C)no3)ccn2c1C(=O)c1ccc(CCCN(CCCC)CCCC)cc1.Cl. The van der Waals surface area contributed by atoms with Crippen molar-refractivity contribution in [2.24, 2.45) is 0 Å². The maximum atomic E-state index is 14.0. The molecule has 250 valence electrons. The Morgan fingerprint density at radius 1 is 0.826 bits per heavy atom. The molecule has 3 aromatic heterocycles. The second kappa shape index (κ2) is 18.6. The van der Waals surface area contributed by atoms with Crippen molar-refractivity contribution in [3.63, 3.8) is 0 Å². The van der Waals surface area contributed by atoms with E-state index < -0.39 is 0 Å². The molecule has 0 aliphatic rings. The van der Waals surface area contributed by atoms with Crippen LogP contribution in [0, 0.1) is 6.92 Å². The van der Waals surface area contributed by atoms with Gasteiger partial charge in [-0.2, -0.15) is 4.98 Å². The van der Waals surface area contributed by atoms with Crippen LogP contribution in [0.15, 0.2) is 53.2 Å². The monoisotopic (exact) mass is 649 g/mol. The number of benzene rings is 1. The molecule has 0 saturated heterocycles. The van der Waals surface area contributed by atoms with Crippen molar-refractivity contribution in [2.75, 3.05) is 26.2 Å². The molecule has 46 heavy (non-hydrogen) atoms. The van der Waals surface area contributed by atoms with E-state index in [1.165, 1.54) is 44.3 Å². The summed E-state index contributed by atoms with van der Waals surface area (Å²) < 4.78 is 7.18. The molecule has 0 saturated carbocycles. The molecule has 1 amide bonds. The smallest absolute Gasteiger partial charge is 0.254 e. The minimum atomic E-state index is -0.116. The molecule has 0 N–H and O–H groups in total. The molecule has 0 aliphatic heterocycles. The van der Waals surface area contributed by atoms with Gasteiger partial charge >= 0.3 is 0 Å². The van der Waals surface area contributed by atoms with E-state index in [0.717, 1.165) is 49.7 Å². The van der Waals surface area contributed by atoms with Crippen LogP contribution in [0.3, 0.4) is 0 Å². The van der Waals surface area contributed by atoms with Crippen LogP contribution in [-0.2, 0) is 19.4 Å². The predicted octanol–water partition coefficient (Wildman–Crippen LogP) is 8.12. The number of pyridine rings is 1. The second-order valence-corrected chi connectivity index (χ2v) is 12.1. The lowest BCUT2D eigenvalue weighted by Crippen LogP contribution is -2.30. The van der Waals surface area contributed by atoms with Crippen LogP contribution >= 0.6 is 12.4 Å². The van der Waals surface area contributed by atoms with Crippen molar-refractivity contribution < 1.29 is 14.1 Å². The fourth-order valence-electron chi connectivity index (χ4n) is 5.82. The third-order valence-corrected chi connectivity index (χ3v) is 8.49. The summed E-state index contributed by atoms with van der Waals surface area (Å²) in [5.41, 5.74) is 5.06. The van der Waals surface area contributed by atoms with Crippen molar-refractivity contribution in [1.29, 1.82) is 0 Å². The molecule has 9 heteroatoms. The van der Waals surface area contributed by atoms with Crippen molar-refractivity contribution in [2.45, 2.75) is 99.0 Å². The molecular formula is C37H52ClN5O3. The van der Waals surface area contributed by atoms with E-state index in [9.17, 15) is 9.59 Å². The van der Waals surface area contributed by atoms with E-state index in [2.05, 4.69) is 54.0 Å². The van der Waals surface area contributed by atoms with Crippen LogP contribution in [0.25, 0.3) is 5.52 Å². The first-order valence-corrected chi connectivity index (χ1v) is 17.0. The summed E-state index contributed by atoms with van der Waals surface area (Å²) in [7, 11) is 0. The summed E-state index contributed by atoms with van der Waals surface area (Å²) in [6, 6.07) is 13.9. The van der Waals surface area contributed by atoms with Crippen LogP contribution in [0.2, 0.25) is 0 Å². The molecule has 0 bridgehead atoms. The van der Waals surface area contributed by atoms with E-state index in [-0.39, 0.29) is 30.6 Å². The Kier molecular flexibility index (Phi) is 15.0. The third kappa shape index (κ3) is 9.76. The Balaban J connectivity index is 0.00000576. The van der Waals surface area contributed by atoms with Gasteiger partial charge in [0.05, 0.1) is 5.69 Å². The van der Waals surface area contributed by atoms with Crippen LogP contribution in [-0.4, -0.2) is 62.2 Å². The van der Waals surface area contributed by atoms with Crippen LogP contribution < -0.4 is 0 Å². The largest absolute Gasteiger partial charge is 0.337 e. The zero-order valence-electron chi connectivity index (χ0n) is 28.4. The number of aryl methyl sites for hydroxylation is 3. The molecule has 0 spiro atoms. The van der Waals surface area contributed by atoms with E-state index in [4.69, 9.17) is 4.52 Å². The fourth-order valence-corrected chi connectivity index (χ4v) is 5.82. The highest BCUT2D eigenvalue weighted by Crippen LogP contribution is 2.24. The number of hydrogen-bond acceptors (Lipinski definition) is 6. The number of halogens is 1. The zero-order valence-corrected chi connectivity index (χ0v) is 29.2. The minimum Gasteiger partial charge on any atom is -0.337 e. The summed E-state index contributed by atoms with van der Waals surface area (Å²) >= 11 is 0. The fraction of sp³-hybridized carbons (Fsp3) is 0.514. The molecule has 8 nitrogen and oxygen atoms in total. The molecule has 1 aromatic carbocycles. The highest BCUT2D eigenvalue weighted by Gasteiger charge is 2.22. The average molecular weight is 650 g/mol. The summed E-state index contributed by atoms with van der Waals surface area (Å²) in [5, 5.41) is 3.84. The number of unbranched alkanes of at least 4 members (excludes halogenated alkanes) is 3. The van der Waals surface area contributed by atoms with Gasteiger partial charge in [0.1, 0.15) is 6.54 Å².